The van der Waals surface area contributed by atoms with Crippen LogP contribution < -0.4 is 0 Å². The molecule has 0 unspecified atom stereocenters. The van der Waals surface area contributed by atoms with Crippen LogP contribution in [0, 0.1) is 0 Å². The summed E-state index contributed by atoms with van der Waals surface area (Å²) in [5.74, 6) is -0.665. The van der Waals surface area contributed by atoms with Crippen molar-refractivity contribution in [1.29, 1.82) is 0 Å². The van der Waals surface area contributed by atoms with Crippen LogP contribution in [0.4, 0.5) is 0 Å². The Morgan fingerprint density at radius 1 is 1.41 bits per heavy atom. The molecule has 1 aliphatic rings. The van der Waals surface area contributed by atoms with Crippen molar-refractivity contribution in [2.75, 3.05) is 0 Å². The van der Waals surface area contributed by atoms with Crippen LogP contribution in [0.5, 0.6) is 0 Å². The van der Waals surface area contributed by atoms with Crippen LogP contribution in [-0.4, -0.2) is 20.9 Å². The summed E-state index contributed by atoms with van der Waals surface area (Å²) in [5, 5.41) is 13.5. The first-order valence-corrected chi connectivity index (χ1v) is 6.42. The number of carboxylic acid groups (broad SMARTS) is 1. The topological polar surface area (TPSA) is 55.1 Å². The second-order valence-corrected chi connectivity index (χ2v) is 5.14. The second-order valence-electron chi connectivity index (χ2n) is 5.14. The summed E-state index contributed by atoms with van der Waals surface area (Å²) in [6, 6.07) is 0.397. The molecule has 0 saturated heterocycles. The minimum atomic E-state index is -0.865. The molecule has 1 aromatic heterocycles. The number of hydrogen-bond donors (Lipinski definition) is 1. The van der Waals surface area contributed by atoms with Crippen molar-refractivity contribution in [3.05, 3.63) is 17.5 Å². The molecule has 1 aromatic rings. The van der Waals surface area contributed by atoms with E-state index in [1.807, 2.05) is 18.5 Å². The molecule has 1 saturated carbocycles. The lowest BCUT2D eigenvalue weighted by atomic mass is 9.94. The molecule has 0 spiro atoms. The highest BCUT2D eigenvalue weighted by molar-refractivity contribution is 5.88. The summed E-state index contributed by atoms with van der Waals surface area (Å²) in [4.78, 5) is 11.2. The van der Waals surface area contributed by atoms with Gasteiger partial charge < -0.3 is 5.11 Å². The van der Waals surface area contributed by atoms with Gasteiger partial charge in [0.1, 0.15) is 5.56 Å². The van der Waals surface area contributed by atoms with Crippen molar-refractivity contribution in [3.63, 3.8) is 0 Å². The van der Waals surface area contributed by atoms with E-state index in [0.29, 0.717) is 11.6 Å². The van der Waals surface area contributed by atoms with E-state index in [-0.39, 0.29) is 5.92 Å². The molecule has 1 fully saturated rings. The van der Waals surface area contributed by atoms with Crippen LogP contribution in [0.2, 0.25) is 0 Å². The molecule has 0 atom stereocenters. The largest absolute Gasteiger partial charge is 0.478 e. The Morgan fingerprint density at radius 3 is 2.59 bits per heavy atom. The smallest absolute Gasteiger partial charge is 0.339 e. The third-order valence-corrected chi connectivity index (χ3v) is 3.53. The normalized spacial score (nSPS) is 17.6. The predicted octanol–water partition coefficient (Wildman–Crippen LogP) is 3.21. The fourth-order valence-electron chi connectivity index (χ4n) is 2.73. The molecule has 17 heavy (non-hydrogen) atoms. The zero-order valence-electron chi connectivity index (χ0n) is 10.5. The fourth-order valence-corrected chi connectivity index (χ4v) is 2.73. The first kappa shape index (κ1) is 12.1. The molecular weight excluding hydrogens is 216 g/mol. The molecule has 2 rings (SSSR count). The summed E-state index contributed by atoms with van der Waals surface area (Å²) >= 11 is 0. The van der Waals surface area contributed by atoms with Crippen LogP contribution in [0.15, 0.2) is 6.20 Å². The standard InChI is InChI=1S/C13H20N2O2/c1-9(2)12-11(13(16)17)8-14-15(12)10-6-4-3-5-7-10/h8-10H,3-7H2,1-2H3,(H,16,17). The van der Waals surface area contributed by atoms with Gasteiger partial charge in [0.15, 0.2) is 0 Å². The molecule has 94 valence electrons. The fraction of sp³-hybridized carbons (Fsp3) is 0.692. The Bertz CT molecular complexity index is 404. The number of aromatic nitrogens is 2. The summed E-state index contributed by atoms with van der Waals surface area (Å²) in [7, 11) is 0. The molecule has 0 aromatic carbocycles. The summed E-state index contributed by atoms with van der Waals surface area (Å²) in [5.41, 5.74) is 1.25. The quantitative estimate of drug-likeness (QED) is 0.876. The Morgan fingerprint density at radius 2 is 2.06 bits per heavy atom. The Balaban J connectivity index is 2.35. The molecule has 1 heterocycles. The maximum absolute atomic E-state index is 11.2. The minimum Gasteiger partial charge on any atom is -0.478 e. The monoisotopic (exact) mass is 236 g/mol. The Hall–Kier alpha value is -1.32. The van der Waals surface area contributed by atoms with Gasteiger partial charge >= 0.3 is 5.97 Å². The van der Waals surface area contributed by atoms with Gasteiger partial charge in [-0.25, -0.2) is 4.79 Å². The van der Waals surface area contributed by atoms with E-state index in [2.05, 4.69) is 5.10 Å². The first-order chi connectivity index (χ1) is 8.11. The number of hydrogen-bond acceptors (Lipinski definition) is 2. The van der Waals surface area contributed by atoms with Gasteiger partial charge in [-0.2, -0.15) is 5.10 Å². The number of carboxylic acids is 1. The molecule has 0 aliphatic heterocycles. The van der Waals surface area contributed by atoms with Gasteiger partial charge in [-0.1, -0.05) is 33.1 Å². The average molecular weight is 236 g/mol. The maximum atomic E-state index is 11.2. The van der Waals surface area contributed by atoms with E-state index in [1.165, 1.54) is 25.5 Å². The molecule has 0 amide bonds. The van der Waals surface area contributed by atoms with Gasteiger partial charge in [-0.15, -0.1) is 0 Å². The van der Waals surface area contributed by atoms with Crippen molar-refractivity contribution in [1.82, 2.24) is 9.78 Å². The van der Waals surface area contributed by atoms with Crippen molar-refractivity contribution in [3.8, 4) is 0 Å². The molecule has 4 nitrogen and oxygen atoms in total. The molecule has 1 N–H and O–H groups in total. The SMILES string of the molecule is CC(C)c1c(C(=O)O)cnn1C1CCCCC1. The van der Waals surface area contributed by atoms with Gasteiger partial charge in [-0.3, -0.25) is 4.68 Å². The van der Waals surface area contributed by atoms with Crippen molar-refractivity contribution >= 4 is 5.97 Å². The number of nitrogens with zero attached hydrogens (tertiary/aromatic N) is 2. The average Bonchev–Trinajstić information content (AvgIpc) is 2.74. The van der Waals surface area contributed by atoms with Crippen molar-refractivity contribution < 1.29 is 9.90 Å². The van der Waals surface area contributed by atoms with Crippen LogP contribution in [0.1, 0.15) is 74.0 Å². The third-order valence-electron chi connectivity index (χ3n) is 3.53. The van der Waals surface area contributed by atoms with Gasteiger partial charge in [0.2, 0.25) is 0 Å². The minimum absolute atomic E-state index is 0.200. The number of rotatable bonds is 3. The van der Waals surface area contributed by atoms with E-state index in [0.717, 1.165) is 18.5 Å². The molecule has 0 bridgehead atoms. The van der Waals surface area contributed by atoms with Crippen molar-refractivity contribution in [2.24, 2.45) is 0 Å². The second kappa shape index (κ2) is 4.90. The first-order valence-electron chi connectivity index (χ1n) is 6.42. The molecule has 4 heteroatoms. The van der Waals surface area contributed by atoms with Crippen LogP contribution >= 0.6 is 0 Å². The predicted molar refractivity (Wildman–Crippen MR) is 65.4 cm³/mol. The van der Waals surface area contributed by atoms with Gasteiger partial charge in [0, 0.05) is 0 Å². The summed E-state index contributed by atoms with van der Waals surface area (Å²) in [6.45, 7) is 4.06. The lowest BCUT2D eigenvalue weighted by Gasteiger charge is -2.25. The van der Waals surface area contributed by atoms with E-state index in [9.17, 15) is 9.90 Å². The maximum Gasteiger partial charge on any atom is 0.339 e. The van der Waals surface area contributed by atoms with Crippen LogP contribution in [0.3, 0.4) is 0 Å². The highest BCUT2D eigenvalue weighted by Crippen LogP contribution is 2.31. The Labute approximate surface area is 102 Å². The van der Waals surface area contributed by atoms with Crippen molar-refractivity contribution in [2.45, 2.75) is 57.9 Å². The highest BCUT2D eigenvalue weighted by atomic mass is 16.4. The molecule has 0 radical (unpaired) electrons. The van der Waals surface area contributed by atoms with Gasteiger partial charge in [-0.05, 0) is 18.8 Å². The number of aromatic carboxylic acids is 1. The summed E-state index contributed by atoms with van der Waals surface area (Å²) in [6.07, 6.45) is 7.50. The van der Waals surface area contributed by atoms with Gasteiger partial charge in [0.25, 0.3) is 0 Å². The Kier molecular flexibility index (Phi) is 3.50. The van der Waals surface area contributed by atoms with E-state index < -0.39 is 5.97 Å². The van der Waals surface area contributed by atoms with E-state index in [1.54, 1.807) is 0 Å². The summed E-state index contributed by atoms with van der Waals surface area (Å²) < 4.78 is 1.97. The highest BCUT2D eigenvalue weighted by Gasteiger charge is 2.24. The third kappa shape index (κ3) is 2.35. The lowest BCUT2D eigenvalue weighted by molar-refractivity contribution is 0.0695. The molecular formula is C13H20N2O2. The van der Waals surface area contributed by atoms with Gasteiger partial charge in [0.05, 0.1) is 17.9 Å². The van der Waals surface area contributed by atoms with Crippen LogP contribution in [0.25, 0.3) is 0 Å². The molecule has 1 aliphatic carbocycles. The van der Waals surface area contributed by atoms with E-state index >= 15 is 0 Å². The lowest BCUT2D eigenvalue weighted by Crippen LogP contribution is -2.18. The number of carbonyl (C=O) groups is 1. The zero-order chi connectivity index (χ0) is 12.4. The zero-order valence-corrected chi connectivity index (χ0v) is 10.5. The van der Waals surface area contributed by atoms with E-state index in [4.69, 9.17) is 0 Å². The van der Waals surface area contributed by atoms with Crippen LogP contribution in [-0.2, 0) is 0 Å².